The number of carbonyl (C=O) groups is 2. The quantitative estimate of drug-likeness (QED) is 0.350. The Balaban J connectivity index is 1.76. The number of amides is 1. The van der Waals surface area contributed by atoms with Crippen molar-refractivity contribution in [3.05, 3.63) is 68.7 Å². The number of fused-ring (bicyclic) bond motifs is 2. The van der Waals surface area contributed by atoms with Crippen molar-refractivity contribution >= 4 is 49.7 Å². The fourth-order valence-corrected chi connectivity index (χ4v) is 4.13. The first-order chi connectivity index (χ1) is 15.7. The number of hydrogen-bond donors (Lipinski definition) is 2. The van der Waals surface area contributed by atoms with E-state index in [9.17, 15) is 19.5 Å². The predicted molar refractivity (Wildman–Crippen MR) is 128 cm³/mol. The highest BCUT2D eigenvalue weighted by Crippen LogP contribution is 2.35. The number of benzene rings is 2. The van der Waals surface area contributed by atoms with Crippen LogP contribution in [0.4, 0.5) is 0 Å². The second kappa shape index (κ2) is 8.86. The average molecular weight is 512 g/mol. The average Bonchev–Trinajstić information content (AvgIpc) is 3.16. The number of furan rings is 1. The van der Waals surface area contributed by atoms with Crippen molar-refractivity contribution in [2.75, 3.05) is 0 Å². The second-order valence-electron chi connectivity index (χ2n) is 8.30. The highest BCUT2D eigenvalue weighted by atomic mass is 79.9. The van der Waals surface area contributed by atoms with Gasteiger partial charge < -0.3 is 19.3 Å². The third-order valence-electron chi connectivity index (χ3n) is 5.72. The Labute approximate surface area is 197 Å². The lowest BCUT2D eigenvalue weighted by atomic mass is 9.99. The summed E-state index contributed by atoms with van der Waals surface area (Å²) >= 11 is 3.43. The van der Waals surface area contributed by atoms with Gasteiger partial charge in [-0.1, -0.05) is 41.9 Å². The highest BCUT2D eigenvalue weighted by molar-refractivity contribution is 9.10. The van der Waals surface area contributed by atoms with Gasteiger partial charge in [0.2, 0.25) is 5.91 Å². The molecule has 4 aromatic rings. The Morgan fingerprint density at radius 3 is 2.42 bits per heavy atom. The summed E-state index contributed by atoms with van der Waals surface area (Å²) in [7, 11) is 0. The van der Waals surface area contributed by atoms with Gasteiger partial charge in [-0.15, -0.1) is 0 Å². The van der Waals surface area contributed by atoms with Gasteiger partial charge in [-0.05, 0) is 42.2 Å². The highest BCUT2D eigenvalue weighted by Gasteiger charge is 2.25. The zero-order valence-electron chi connectivity index (χ0n) is 18.3. The van der Waals surface area contributed by atoms with Crippen molar-refractivity contribution < 1.29 is 23.5 Å². The molecule has 2 heterocycles. The molecule has 1 amide bonds. The molecule has 1 unspecified atom stereocenters. The largest absolute Gasteiger partial charge is 0.480 e. The van der Waals surface area contributed by atoms with Crippen LogP contribution in [-0.2, 0) is 16.0 Å². The van der Waals surface area contributed by atoms with Crippen LogP contribution >= 0.6 is 15.9 Å². The minimum absolute atomic E-state index is 0.195. The number of aryl methyl sites for hydroxylation is 1. The molecule has 0 aliphatic heterocycles. The molecule has 4 rings (SSSR count). The Kier molecular flexibility index (Phi) is 6.12. The van der Waals surface area contributed by atoms with E-state index in [0.29, 0.717) is 22.1 Å². The summed E-state index contributed by atoms with van der Waals surface area (Å²) in [6.45, 7) is 5.16. The molecule has 0 radical (unpaired) electrons. The van der Waals surface area contributed by atoms with E-state index < -0.39 is 23.5 Å². The lowest BCUT2D eigenvalue weighted by Crippen LogP contribution is -2.45. The van der Waals surface area contributed by atoms with Gasteiger partial charge in [0, 0.05) is 26.9 Å². The summed E-state index contributed by atoms with van der Waals surface area (Å²) in [5.41, 5.74) is 2.97. The molecule has 33 heavy (non-hydrogen) atoms. The molecule has 0 bridgehead atoms. The molecule has 7 nitrogen and oxygen atoms in total. The molecule has 0 saturated carbocycles. The zero-order chi connectivity index (χ0) is 23.9. The monoisotopic (exact) mass is 511 g/mol. The molecular formula is C25H22BrNO6. The van der Waals surface area contributed by atoms with Crippen LogP contribution in [0.3, 0.4) is 0 Å². The number of hydrogen-bond acceptors (Lipinski definition) is 5. The van der Waals surface area contributed by atoms with Gasteiger partial charge in [-0.25, -0.2) is 9.59 Å². The number of rotatable bonds is 6. The summed E-state index contributed by atoms with van der Waals surface area (Å²) in [6.07, 6.45) is 1.39. The Bertz CT molecular complexity index is 1430. The fraction of sp³-hybridized carbons (Fsp3) is 0.240. The molecular weight excluding hydrogens is 490 g/mol. The van der Waals surface area contributed by atoms with Gasteiger partial charge >= 0.3 is 11.6 Å². The van der Waals surface area contributed by atoms with Crippen molar-refractivity contribution in [1.29, 1.82) is 0 Å². The van der Waals surface area contributed by atoms with E-state index in [1.165, 1.54) is 0 Å². The van der Waals surface area contributed by atoms with Crippen molar-refractivity contribution in [3.8, 4) is 11.1 Å². The number of aliphatic carboxylic acids is 1. The molecule has 0 fully saturated rings. The summed E-state index contributed by atoms with van der Waals surface area (Å²) in [5.74, 6) is -1.97. The van der Waals surface area contributed by atoms with Crippen LogP contribution in [0.5, 0.6) is 0 Å². The number of carboxylic acid groups (broad SMARTS) is 1. The lowest BCUT2D eigenvalue weighted by molar-refractivity contribution is -0.143. The lowest BCUT2D eigenvalue weighted by Gasteiger charge is -2.18. The first kappa shape index (κ1) is 22.8. The van der Waals surface area contributed by atoms with Crippen molar-refractivity contribution in [2.24, 2.45) is 5.92 Å². The number of carbonyl (C=O) groups excluding carboxylic acids is 1. The van der Waals surface area contributed by atoms with Gasteiger partial charge in [-0.3, -0.25) is 4.79 Å². The van der Waals surface area contributed by atoms with Crippen LogP contribution in [0, 0.1) is 12.8 Å². The zero-order valence-corrected chi connectivity index (χ0v) is 19.9. The maximum atomic E-state index is 12.6. The predicted octanol–water partition coefficient (Wildman–Crippen LogP) is 5.05. The van der Waals surface area contributed by atoms with Crippen LogP contribution in [0.2, 0.25) is 0 Å². The maximum Gasteiger partial charge on any atom is 0.340 e. The minimum Gasteiger partial charge on any atom is -0.480 e. The van der Waals surface area contributed by atoms with Crippen molar-refractivity contribution in [2.45, 2.75) is 33.2 Å². The number of halogens is 1. The molecule has 2 aromatic heterocycles. The summed E-state index contributed by atoms with van der Waals surface area (Å²) in [4.78, 5) is 36.6. The molecule has 2 aromatic carbocycles. The van der Waals surface area contributed by atoms with E-state index in [1.54, 1.807) is 33.1 Å². The van der Waals surface area contributed by atoms with E-state index in [4.69, 9.17) is 8.83 Å². The standard InChI is InChI=1S/C25H22BrNO6/c1-12(2)23(24(29)30)27-22(28)9-17-13(3)16-8-18-19(14-4-6-15(26)7-5-14)11-32-20(18)10-21(16)33-25(17)31/h4-8,10-12,23H,9H2,1-3H3,(H,27,28)(H,29,30). The van der Waals surface area contributed by atoms with E-state index in [1.807, 2.05) is 30.3 Å². The van der Waals surface area contributed by atoms with Crippen LogP contribution in [0.1, 0.15) is 25.0 Å². The topological polar surface area (TPSA) is 110 Å². The third-order valence-corrected chi connectivity index (χ3v) is 6.25. The first-order valence-corrected chi connectivity index (χ1v) is 11.2. The molecule has 1 atom stereocenters. The Morgan fingerprint density at radius 1 is 1.09 bits per heavy atom. The van der Waals surface area contributed by atoms with Gasteiger partial charge in [0.15, 0.2) is 0 Å². The molecule has 8 heteroatoms. The third kappa shape index (κ3) is 4.43. The Hall–Kier alpha value is -3.39. The first-order valence-electron chi connectivity index (χ1n) is 10.4. The molecule has 170 valence electrons. The van der Waals surface area contributed by atoms with Gasteiger partial charge in [0.05, 0.1) is 18.2 Å². The second-order valence-corrected chi connectivity index (χ2v) is 9.21. The van der Waals surface area contributed by atoms with Crippen LogP contribution in [-0.4, -0.2) is 23.0 Å². The van der Waals surface area contributed by atoms with Crippen LogP contribution in [0.15, 0.2) is 60.8 Å². The van der Waals surface area contributed by atoms with E-state index in [-0.39, 0.29) is 17.9 Å². The minimum atomic E-state index is -1.12. The van der Waals surface area contributed by atoms with Crippen molar-refractivity contribution in [3.63, 3.8) is 0 Å². The molecule has 0 aliphatic rings. The fourth-order valence-electron chi connectivity index (χ4n) is 3.87. The van der Waals surface area contributed by atoms with E-state index >= 15 is 0 Å². The van der Waals surface area contributed by atoms with Crippen LogP contribution in [0.25, 0.3) is 33.1 Å². The summed E-state index contributed by atoms with van der Waals surface area (Å²) in [6, 6.07) is 10.4. The van der Waals surface area contributed by atoms with Gasteiger partial charge in [0.25, 0.3) is 0 Å². The number of carboxylic acids is 1. The van der Waals surface area contributed by atoms with Gasteiger partial charge in [-0.2, -0.15) is 0 Å². The summed E-state index contributed by atoms with van der Waals surface area (Å²) in [5, 5.41) is 13.3. The summed E-state index contributed by atoms with van der Waals surface area (Å²) < 4.78 is 12.2. The molecule has 2 N–H and O–H groups in total. The van der Waals surface area contributed by atoms with E-state index in [0.717, 1.165) is 21.0 Å². The van der Waals surface area contributed by atoms with Crippen LogP contribution < -0.4 is 10.9 Å². The SMILES string of the molecule is Cc1c(CC(=O)NC(C(=O)O)C(C)C)c(=O)oc2cc3occ(-c4ccc(Br)cc4)c3cc12. The van der Waals surface area contributed by atoms with Crippen molar-refractivity contribution in [1.82, 2.24) is 5.32 Å². The normalized spacial score (nSPS) is 12.4. The smallest absolute Gasteiger partial charge is 0.340 e. The maximum absolute atomic E-state index is 12.6. The van der Waals surface area contributed by atoms with E-state index in [2.05, 4.69) is 21.2 Å². The number of nitrogens with one attached hydrogen (secondary N) is 1. The molecule has 0 aliphatic carbocycles. The molecule has 0 saturated heterocycles. The Morgan fingerprint density at radius 2 is 1.79 bits per heavy atom. The molecule has 0 spiro atoms. The van der Waals surface area contributed by atoms with Gasteiger partial charge in [0.1, 0.15) is 17.2 Å².